The molecule has 0 bridgehead atoms. The van der Waals surface area contributed by atoms with Crippen LogP contribution in [0.2, 0.25) is 0 Å². The van der Waals surface area contributed by atoms with Crippen LogP contribution >= 0.6 is 0 Å². The van der Waals surface area contributed by atoms with Crippen molar-refractivity contribution in [2.24, 2.45) is 0 Å². The van der Waals surface area contributed by atoms with Gasteiger partial charge in [-0.15, -0.1) is 0 Å². The predicted octanol–water partition coefficient (Wildman–Crippen LogP) is 5.57. The highest BCUT2D eigenvalue weighted by Crippen LogP contribution is 2.28. The molecule has 0 aromatic heterocycles. The Morgan fingerprint density at radius 2 is 1.60 bits per heavy atom. The number of likely N-dealkylation sites (tertiary alicyclic amines) is 1. The number of amides is 3. The van der Waals surface area contributed by atoms with Gasteiger partial charge in [0.15, 0.2) is 0 Å². The Morgan fingerprint density at radius 1 is 0.872 bits per heavy atom. The first kappa shape index (κ1) is 33.2. The van der Waals surface area contributed by atoms with Gasteiger partial charge in [-0.05, 0) is 60.4 Å². The fourth-order valence-electron chi connectivity index (χ4n) is 5.49. The van der Waals surface area contributed by atoms with E-state index in [9.17, 15) is 19.5 Å². The Labute approximate surface area is 275 Å². The molecule has 1 aliphatic rings. The predicted molar refractivity (Wildman–Crippen MR) is 183 cm³/mol. The number of anilines is 2. The van der Waals surface area contributed by atoms with Crippen LogP contribution in [0.15, 0.2) is 103 Å². The lowest BCUT2D eigenvalue weighted by Crippen LogP contribution is -2.42. The summed E-state index contributed by atoms with van der Waals surface area (Å²) < 4.78 is 5.76. The van der Waals surface area contributed by atoms with Gasteiger partial charge in [0.05, 0.1) is 12.2 Å². The van der Waals surface area contributed by atoms with Gasteiger partial charge in [-0.2, -0.15) is 0 Å². The number of para-hydroxylation sites is 1. The van der Waals surface area contributed by atoms with Gasteiger partial charge in [-0.3, -0.25) is 14.9 Å². The Bertz CT molecular complexity index is 1640. The first-order valence-corrected chi connectivity index (χ1v) is 15.8. The van der Waals surface area contributed by atoms with Crippen LogP contribution in [-0.2, 0) is 16.1 Å². The Kier molecular flexibility index (Phi) is 11.6. The van der Waals surface area contributed by atoms with Gasteiger partial charge in [0.25, 0.3) is 5.91 Å². The molecular weight excluding hydrogens is 594 g/mol. The molecule has 1 heterocycles. The van der Waals surface area contributed by atoms with Crippen molar-refractivity contribution in [1.29, 1.82) is 0 Å². The van der Waals surface area contributed by atoms with E-state index in [1.807, 2.05) is 54.6 Å². The lowest BCUT2D eigenvalue weighted by Gasteiger charge is -2.32. The third-order valence-corrected chi connectivity index (χ3v) is 8.10. The number of nitrogens with one attached hydrogen (secondary N) is 3. The molecule has 3 amide bonds. The van der Waals surface area contributed by atoms with E-state index in [4.69, 9.17) is 4.74 Å². The van der Waals surface area contributed by atoms with E-state index >= 15 is 0 Å². The zero-order valence-corrected chi connectivity index (χ0v) is 26.5. The van der Waals surface area contributed by atoms with Crippen molar-refractivity contribution in [3.05, 3.63) is 114 Å². The zero-order valence-electron chi connectivity index (χ0n) is 26.5. The summed E-state index contributed by atoms with van der Waals surface area (Å²) >= 11 is 0. The smallest absolute Gasteiger partial charge is 0.411 e. The molecule has 47 heavy (non-hydrogen) atoms. The van der Waals surface area contributed by atoms with Crippen LogP contribution in [0.4, 0.5) is 16.2 Å². The number of hydrogen-bond acceptors (Lipinski definition) is 7. The van der Waals surface area contributed by atoms with Crippen LogP contribution in [0.1, 0.15) is 28.8 Å². The summed E-state index contributed by atoms with van der Waals surface area (Å²) in [6.45, 7) is 3.37. The number of carbonyl (C=O) groups excluding carboxylic acids is 3. The largest absolute Gasteiger partial charge is 0.508 e. The number of benzene rings is 4. The van der Waals surface area contributed by atoms with E-state index < -0.39 is 6.09 Å². The van der Waals surface area contributed by atoms with Gasteiger partial charge in [0.2, 0.25) is 5.91 Å². The molecule has 1 fully saturated rings. The lowest BCUT2D eigenvalue weighted by molar-refractivity contribution is -0.115. The molecule has 10 nitrogen and oxygen atoms in total. The van der Waals surface area contributed by atoms with Crippen LogP contribution < -0.4 is 16.0 Å². The number of nitrogens with zero attached hydrogens (tertiary/aromatic N) is 2. The van der Waals surface area contributed by atoms with Gasteiger partial charge < -0.3 is 30.3 Å². The fourth-order valence-corrected chi connectivity index (χ4v) is 5.49. The van der Waals surface area contributed by atoms with E-state index in [0.29, 0.717) is 36.6 Å². The number of rotatable bonds is 12. The van der Waals surface area contributed by atoms with Gasteiger partial charge in [-0.1, -0.05) is 66.7 Å². The molecule has 1 saturated heterocycles. The van der Waals surface area contributed by atoms with Gasteiger partial charge in [0.1, 0.15) is 11.9 Å². The number of carbonyl (C=O) groups is 3. The summed E-state index contributed by atoms with van der Waals surface area (Å²) in [4.78, 5) is 42.3. The lowest BCUT2D eigenvalue weighted by atomic mass is 10.0. The fraction of sp³-hybridized carbons (Fsp3) is 0.270. The summed E-state index contributed by atoms with van der Waals surface area (Å²) in [5, 5.41) is 18.2. The Balaban J connectivity index is 1.01. The molecule has 1 aliphatic heterocycles. The number of likely N-dealkylation sites (N-methyl/N-ethyl adjacent to an activating group) is 1. The highest BCUT2D eigenvalue weighted by molar-refractivity contribution is 5.97. The molecule has 0 aliphatic carbocycles. The average Bonchev–Trinajstić information content (AvgIpc) is 3.09. The second kappa shape index (κ2) is 16.4. The van der Waals surface area contributed by atoms with Crippen molar-refractivity contribution < 1.29 is 24.2 Å². The number of phenols is 1. The molecule has 0 spiro atoms. The average molecular weight is 636 g/mol. The zero-order chi connectivity index (χ0) is 33.0. The van der Waals surface area contributed by atoms with Crippen molar-refractivity contribution in [2.45, 2.75) is 25.5 Å². The molecule has 0 unspecified atom stereocenters. The molecule has 5 rings (SSSR count). The van der Waals surface area contributed by atoms with Crippen molar-refractivity contribution in [1.82, 2.24) is 15.1 Å². The highest BCUT2D eigenvalue weighted by Gasteiger charge is 2.23. The van der Waals surface area contributed by atoms with Crippen LogP contribution in [0.25, 0.3) is 11.1 Å². The van der Waals surface area contributed by atoms with E-state index in [1.165, 1.54) is 0 Å². The molecule has 0 saturated carbocycles. The second-order valence-electron chi connectivity index (χ2n) is 11.6. The van der Waals surface area contributed by atoms with Crippen LogP contribution in [0.5, 0.6) is 5.75 Å². The van der Waals surface area contributed by atoms with Gasteiger partial charge >= 0.3 is 6.09 Å². The van der Waals surface area contributed by atoms with Gasteiger partial charge in [0, 0.05) is 56.6 Å². The number of phenolic OH excluding ortho intramolecular Hbond substituents is 1. The topological polar surface area (TPSA) is 123 Å². The van der Waals surface area contributed by atoms with Gasteiger partial charge in [-0.25, -0.2) is 4.79 Å². The van der Waals surface area contributed by atoms with Crippen LogP contribution in [0.3, 0.4) is 0 Å². The van der Waals surface area contributed by atoms with E-state index in [2.05, 4.69) is 20.9 Å². The van der Waals surface area contributed by atoms with Crippen molar-refractivity contribution in [3.8, 4) is 16.9 Å². The second-order valence-corrected chi connectivity index (χ2v) is 11.6. The summed E-state index contributed by atoms with van der Waals surface area (Å²) in [6, 6.07) is 31.3. The van der Waals surface area contributed by atoms with Crippen LogP contribution in [0, 0.1) is 0 Å². The minimum Gasteiger partial charge on any atom is -0.508 e. The first-order chi connectivity index (χ1) is 22.8. The summed E-state index contributed by atoms with van der Waals surface area (Å²) in [6.07, 6.45) is 0.810. The molecule has 4 aromatic carbocycles. The molecule has 4 aromatic rings. The highest BCUT2D eigenvalue weighted by atomic mass is 16.6. The van der Waals surface area contributed by atoms with E-state index in [-0.39, 0.29) is 30.2 Å². The Hall–Kier alpha value is -5.19. The molecular formula is C37H41N5O5. The molecule has 244 valence electrons. The standard InChI is InChI=1S/C37H41N5O5/c1-41(36(45)29-10-7-11-30(24-29)39-35(44)26-38-25-27-14-16-31(43)17-15-27)22-23-42-20-18-32(19-21-42)47-37(46)40-34-13-6-5-12-33(34)28-8-3-2-4-9-28/h2-17,24,32,38,43H,18-23,25-26H2,1H3,(H,39,44)(H,40,46). The monoisotopic (exact) mass is 635 g/mol. The third kappa shape index (κ3) is 9.90. The first-order valence-electron chi connectivity index (χ1n) is 15.8. The number of aromatic hydroxyl groups is 1. The Morgan fingerprint density at radius 3 is 2.36 bits per heavy atom. The van der Waals surface area contributed by atoms with Crippen LogP contribution in [-0.4, -0.2) is 78.7 Å². The quantitative estimate of drug-likeness (QED) is 0.161. The van der Waals surface area contributed by atoms with Crippen molar-refractivity contribution in [3.63, 3.8) is 0 Å². The van der Waals surface area contributed by atoms with Crippen molar-refractivity contribution >= 4 is 29.3 Å². The minimum atomic E-state index is -0.457. The maximum absolute atomic E-state index is 13.1. The summed E-state index contributed by atoms with van der Waals surface area (Å²) in [5.74, 6) is -0.150. The maximum Gasteiger partial charge on any atom is 0.411 e. The minimum absolute atomic E-state index is 0.105. The molecule has 10 heteroatoms. The van der Waals surface area contributed by atoms with Crippen molar-refractivity contribution in [2.75, 3.05) is 50.4 Å². The number of piperidine rings is 1. The normalized spacial score (nSPS) is 13.5. The maximum atomic E-state index is 13.1. The molecule has 4 N–H and O–H groups in total. The third-order valence-electron chi connectivity index (χ3n) is 8.10. The SMILES string of the molecule is CN(CCN1CCC(OC(=O)Nc2ccccc2-c2ccccc2)CC1)C(=O)c1cccc(NC(=O)CNCc2ccc(O)cc2)c1. The summed E-state index contributed by atoms with van der Waals surface area (Å²) in [7, 11) is 1.77. The number of ether oxygens (including phenoxy) is 1. The van der Waals surface area contributed by atoms with E-state index in [1.54, 1.807) is 60.5 Å². The summed E-state index contributed by atoms with van der Waals surface area (Å²) in [5.41, 5.74) is 4.66. The van der Waals surface area contributed by atoms with E-state index in [0.717, 1.165) is 42.6 Å². The molecule has 0 atom stereocenters. The number of hydrogen-bond donors (Lipinski definition) is 4. The molecule has 0 radical (unpaired) electrons.